The highest BCUT2D eigenvalue weighted by atomic mass is 16.5. The van der Waals surface area contributed by atoms with Crippen LogP contribution in [-0.2, 0) is 11.3 Å². The monoisotopic (exact) mass is 304 g/mol. The number of carboxylic acids is 1. The number of oxazole rings is 1. The van der Waals surface area contributed by atoms with Crippen molar-refractivity contribution in [2.24, 2.45) is 0 Å². The molecule has 0 aliphatic heterocycles. The van der Waals surface area contributed by atoms with E-state index in [-0.39, 0.29) is 6.54 Å². The molecular weight excluding hydrogens is 284 g/mol. The molecule has 0 amide bonds. The number of aliphatic carboxylic acids is 1. The number of rotatable bonds is 8. The van der Waals surface area contributed by atoms with E-state index < -0.39 is 12.0 Å². The van der Waals surface area contributed by atoms with Crippen LogP contribution in [0.15, 0.2) is 34.9 Å². The summed E-state index contributed by atoms with van der Waals surface area (Å²) in [6, 6.07) is 6.87. The van der Waals surface area contributed by atoms with Crippen LogP contribution >= 0.6 is 0 Å². The molecule has 0 bridgehead atoms. The second-order valence-electron chi connectivity index (χ2n) is 4.91. The first-order valence-electron chi connectivity index (χ1n) is 7.19. The van der Waals surface area contributed by atoms with E-state index in [1.807, 2.05) is 31.2 Å². The minimum atomic E-state index is -0.858. The molecule has 6 heteroatoms. The van der Waals surface area contributed by atoms with E-state index in [0.29, 0.717) is 18.1 Å². The molecule has 1 heterocycles. The van der Waals surface area contributed by atoms with Crippen LogP contribution in [0.4, 0.5) is 0 Å². The van der Waals surface area contributed by atoms with Crippen molar-refractivity contribution in [3.05, 3.63) is 36.4 Å². The fourth-order valence-electron chi connectivity index (χ4n) is 2.09. The van der Waals surface area contributed by atoms with Crippen molar-refractivity contribution < 1.29 is 19.1 Å². The summed E-state index contributed by atoms with van der Waals surface area (Å²) in [4.78, 5) is 15.2. The van der Waals surface area contributed by atoms with Crippen LogP contribution < -0.4 is 10.1 Å². The number of methoxy groups -OCH3 is 1. The summed E-state index contributed by atoms with van der Waals surface area (Å²) in [7, 11) is 1.61. The highest BCUT2D eigenvalue weighted by Gasteiger charge is 2.16. The SMILES string of the molecule is CCCC(NCc1ncc(-c2ccc(OC)cc2)o1)C(=O)O. The molecule has 0 radical (unpaired) electrons. The lowest BCUT2D eigenvalue weighted by molar-refractivity contribution is -0.139. The van der Waals surface area contributed by atoms with Crippen LogP contribution in [0.1, 0.15) is 25.7 Å². The van der Waals surface area contributed by atoms with Crippen LogP contribution in [0, 0.1) is 0 Å². The van der Waals surface area contributed by atoms with Gasteiger partial charge in [-0.15, -0.1) is 0 Å². The van der Waals surface area contributed by atoms with Crippen molar-refractivity contribution >= 4 is 5.97 Å². The lowest BCUT2D eigenvalue weighted by atomic mass is 10.2. The predicted octanol–water partition coefficient (Wildman–Crippen LogP) is 2.69. The zero-order chi connectivity index (χ0) is 15.9. The first-order chi connectivity index (χ1) is 10.6. The number of nitrogens with zero attached hydrogens (tertiary/aromatic N) is 1. The molecular formula is C16H20N2O4. The smallest absolute Gasteiger partial charge is 0.320 e. The minimum absolute atomic E-state index is 0.285. The fourth-order valence-corrected chi connectivity index (χ4v) is 2.09. The van der Waals surface area contributed by atoms with Gasteiger partial charge in [-0.3, -0.25) is 10.1 Å². The standard InChI is InChI=1S/C16H20N2O4/c1-3-4-13(16(19)20)17-10-15-18-9-14(22-15)11-5-7-12(21-2)8-6-11/h5-9,13,17H,3-4,10H2,1-2H3,(H,19,20). The third-order valence-corrected chi connectivity index (χ3v) is 3.30. The Labute approximate surface area is 129 Å². The third-order valence-electron chi connectivity index (χ3n) is 3.30. The largest absolute Gasteiger partial charge is 0.497 e. The van der Waals surface area contributed by atoms with E-state index in [4.69, 9.17) is 14.3 Å². The average Bonchev–Trinajstić information content (AvgIpc) is 3.00. The van der Waals surface area contributed by atoms with E-state index >= 15 is 0 Å². The third kappa shape index (κ3) is 4.08. The van der Waals surface area contributed by atoms with E-state index in [1.54, 1.807) is 13.3 Å². The zero-order valence-electron chi connectivity index (χ0n) is 12.7. The quantitative estimate of drug-likeness (QED) is 0.780. The van der Waals surface area contributed by atoms with Gasteiger partial charge in [0, 0.05) is 5.56 Å². The van der Waals surface area contributed by atoms with Crippen LogP contribution in [0.3, 0.4) is 0 Å². The van der Waals surface area contributed by atoms with Gasteiger partial charge in [0.05, 0.1) is 19.9 Å². The van der Waals surface area contributed by atoms with Crippen molar-refractivity contribution in [3.8, 4) is 17.1 Å². The van der Waals surface area contributed by atoms with Gasteiger partial charge in [-0.05, 0) is 30.7 Å². The number of ether oxygens (including phenoxy) is 1. The second-order valence-corrected chi connectivity index (χ2v) is 4.91. The first-order valence-corrected chi connectivity index (χ1v) is 7.19. The normalized spacial score (nSPS) is 12.1. The summed E-state index contributed by atoms with van der Waals surface area (Å²) >= 11 is 0. The summed E-state index contributed by atoms with van der Waals surface area (Å²) in [5.74, 6) is 1.02. The highest BCUT2D eigenvalue weighted by Crippen LogP contribution is 2.23. The Morgan fingerprint density at radius 1 is 1.41 bits per heavy atom. The zero-order valence-corrected chi connectivity index (χ0v) is 12.7. The van der Waals surface area contributed by atoms with Crippen LogP contribution in [-0.4, -0.2) is 29.2 Å². The van der Waals surface area contributed by atoms with Crippen molar-refractivity contribution in [2.45, 2.75) is 32.4 Å². The molecule has 0 aliphatic rings. The number of carboxylic acid groups (broad SMARTS) is 1. The van der Waals surface area contributed by atoms with E-state index in [1.165, 1.54) is 0 Å². The highest BCUT2D eigenvalue weighted by molar-refractivity contribution is 5.73. The Morgan fingerprint density at radius 2 is 2.14 bits per heavy atom. The van der Waals surface area contributed by atoms with Gasteiger partial charge in [0.1, 0.15) is 11.8 Å². The Hall–Kier alpha value is -2.34. The van der Waals surface area contributed by atoms with Crippen LogP contribution in [0.5, 0.6) is 5.75 Å². The first kappa shape index (κ1) is 16.0. The van der Waals surface area contributed by atoms with Gasteiger partial charge in [0.25, 0.3) is 0 Å². The molecule has 2 N–H and O–H groups in total. The summed E-state index contributed by atoms with van der Waals surface area (Å²) in [5, 5.41) is 12.0. The Bertz CT molecular complexity index is 607. The molecule has 1 aromatic heterocycles. The van der Waals surface area contributed by atoms with Gasteiger partial charge in [0.2, 0.25) is 5.89 Å². The van der Waals surface area contributed by atoms with Gasteiger partial charge in [0.15, 0.2) is 5.76 Å². The molecule has 2 aromatic rings. The van der Waals surface area contributed by atoms with Gasteiger partial charge in [-0.25, -0.2) is 4.98 Å². The molecule has 2 rings (SSSR count). The number of nitrogens with one attached hydrogen (secondary N) is 1. The van der Waals surface area contributed by atoms with E-state index in [9.17, 15) is 4.79 Å². The summed E-state index contributed by atoms with van der Waals surface area (Å²) in [6.07, 6.45) is 3.00. The molecule has 1 atom stereocenters. The summed E-state index contributed by atoms with van der Waals surface area (Å²) in [5.41, 5.74) is 0.892. The lowest BCUT2D eigenvalue weighted by Crippen LogP contribution is -2.36. The minimum Gasteiger partial charge on any atom is -0.497 e. The van der Waals surface area contributed by atoms with E-state index in [0.717, 1.165) is 17.7 Å². The Balaban J connectivity index is 1.99. The maximum atomic E-state index is 11.1. The molecule has 0 fully saturated rings. The number of carbonyl (C=O) groups is 1. The molecule has 6 nitrogen and oxygen atoms in total. The number of benzene rings is 1. The van der Waals surface area contributed by atoms with Gasteiger partial charge in [-0.2, -0.15) is 0 Å². The molecule has 0 saturated carbocycles. The molecule has 118 valence electrons. The van der Waals surface area contributed by atoms with E-state index in [2.05, 4.69) is 10.3 Å². The maximum Gasteiger partial charge on any atom is 0.320 e. The fraction of sp³-hybridized carbons (Fsp3) is 0.375. The molecule has 22 heavy (non-hydrogen) atoms. The second kappa shape index (κ2) is 7.61. The Morgan fingerprint density at radius 3 is 2.73 bits per heavy atom. The van der Waals surface area contributed by atoms with Crippen LogP contribution in [0.25, 0.3) is 11.3 Å². The Kier molecular flexibility index (Phi) is 5.55. The molecule has 0 spiro atoms. The number of aromatic nitrogens is 1. The van der Waals surface area contributed by atoms with Crippen molar-refractivity contribution in [2.75, 3.05) is 7.11 Å². The predicted molar refractivity (Wildman–Crippen MR) is 81.7 cm³/mol. The van der Waals surface area contributed by atoms with Crippen molar-refractivity contribution in [1.29, 1.82) is 0 Å². The van der Waals surface area contributed by atoms with Crippen LogP contribution in [0.2, 0.25) is 0 Å². The summed E-state index contributed by atoms with van der Waals surface area (Å²) < 4.78 is 10.8. The maximum absolute atomic E-state index is 11.1. The van der Waals surface area contributed by atoms with Gasteiger partial charge < -0.3 is 14.3 Å². The topological polar surface area (TPSA) is 84.6 Å². The average molecular weight is 304 g/mol. The van der Waals surface area contributed by atoms with Crippen molar-refractivity contribution in [1.82, 2.24) is 10.3 Å². The molecule has 0 saturated heterocycles. The van der Waals surface area contributed by atoms with Crippen molar-refractivity contribution in [3.63, 3.8) is 0 Å². The van der Waals surface area contributed by atoms with Gasteiger partial charge in [-0.1, -0.05) is 13.3 Å². The number of hydrogen-bond acceptors (Lipinski definition) is 5. The number of hydrogen-bond donors (Lipinski definition) is 2. The molecule has 1 aromatic carbocycles. The van der Waals surface area contributed by atoms with Gasteiger partial charge >= 0.3 is 5.97 Å². The molecule has 1 unspecified atom stereocenters. The summed E-state index contributed by atoms with van der Waals surface area (Å²) in [6.45, 7) is 2.23. The lowest BCUT2D eigenvalue weighted by Gasteiger charge is -2.11. The molecule has 0 aliphatic carbocycles.